The Hall–Kier alpha value is -0.540. The van der Waals surface area contributed by atoms with Gasteiger partial charge in [-0.15, -0.1) is 11.3 Å². The molecule has 2 rings (SSSR count). The van der Waals surface area contributed by atoms with Crippen LogP contribution in [-0.4, -0.2) is 48.7 Å². The Morgan fingerprint density at radius 3 is 2.74 bits per heavy atom. The van der Waals surface area contributed by atoms with Gasteiger partial charge in [-0.1, -0.05) is 0 Å². The van der Waals surface area contributed by atoms with Gasteiger partial charge in [-0.25, -0.2) is 4.98 Å². The van der Waals surface area contributed by atoms with E-state index in [9.17, 15) is 8.42 Å². The Balaban J connectivity index is 1.98. The van der Waals surface area contributed by atoms with Gasteiger partial charge < -0.3 is 5.73 Å². The average Bonchev–Trinajstić information content (AvgIpc) is 2.91. The summed E-state index contributed by atoms with van der Waals surface area (Å²) in [6, 6.07) is 0. The zero-order valence-corrected chi connectivity index (χ0v) is 12.7. The predicted molar refractivity (Wildman–Crippen MR) is 75.9 cm³/mol. The number of thiazole rings is 1. The molecule has 0 radical (unpaired) electrons. The van der Waals surface area contributed by atoms with Crippen molar-refractivity contribution in [3.05, 3.63) is 16.6 Å². The molecule has 6 nitrogen and oxygen atoms in total. The van der Waals surface area contributed by atoms with Crippen LogP contribution in [-0.2, 0) is 16.8 Å². The van der Waals surface area contributed by atoms with Gasteiger partial charge in [0.2, 0.25) is 0 Å². The van der Waals surface area contributed by atoms with E-state index in [2.05, 4.69) is 4.98 Å². The third-order valence-electron chi connectivity index (χ3n) is 3.50. The van der Waals surface area contributed by atoms with Crippen molar-refractivity contribution in [1.82, 2.24) is 13.6 Å². The van der Waals surface area contributed by atoms with Crippen molar-refractivity contribution in [1.29, 1.82) is 0 Å². The number of piperidine rings is 1. The normalized spacial score (nSPS) is 19.1. The third kappa shape index (κ3) is 3.51. The molecule has 1 fully saturated rings. The Kier molecular flexibility index (Phi) is 4.91. The second kappa shape index (κ2) is 6.27. The van der Waals surface area contributed by atoms with Gasteiger partial charge in [0.25, 0.3) is 10.2 Å². The van der Waals surface area contributed by atoms with Gasteiger partial charge in [0, 0.05) is 25.5 Å². The molecule has 1 aliphatic heterocycles. The predicted octanol–water partition coefficient (Wildman–Crippen LogP) is 0.490. The van der Waals surface area contributed by atoms with Crippen LogP contribution in [0.4, 0.5) is 0 Å². The van der Waals surface area contributed by atoms with Crippen LogP contribution in [0.2, 0.25) is 0 Å². The van der Waals surface area contributed by atoms with Crippen LogP contribution < -0.4 is 5.73 Å². The largest absolute Gasteiger partial charge is 0.330 e. The fourth-order valence-electron chi connectivity index (χ4n) is 2.20. The van der Waals surface area contributed by atoms with E-state index in [1.54, 1.807) is 16.9 Å². The lowest BCUT2D eigenvalue weighted by Gasteiger charge is -2.33. The summed E-state index contributed by atoms with van der Waals surface area (Å²) < 4.78 is 27.7. The molecule has 0 unspecified atom stereocenters. The molecule has 1 saturated heterocycles. The van der Waals surface area contributed by atoms with E-state index in [1.165, 1.54) is 15.6 Å². The van der Waals surface area contributed by atoms with Crippen molar-refractivity contribution in [2.24, 2.45) is 11.7 Å². The van der Waals surface area contributed by atoms with Crippen molar-refractivity contribution in [3.63, 3.8) is 0 Å². The lowest BCUT2D eigenvalue weighted by atomic mass is 9.99. The van der Waals surface area contributed by atoms with Gasteiger partial charge in [0.15, 0.2) is 0 Å². The SMILES string of the molecule is CN(Cc1cscn1)S(=O)(=O)N1CCC(CN)CC1. The highest BCUT2D eigenvalue weighted by Crippen LogP contribution is 2.20. The number of hydrogen-bond acceptors (Lipinski definition) is 5. The quantitative estimate of drug-likeness (QED) is 0.858. The maximum absolute atomic E-state index is 12.4. The highest BCUT2D eigenvalue weighted by Gasteiger charge is 2.30. The van der Waals surface area contributed by atoms with Gasteiger partial charge in [-0.2, -0.15) is 17.0 Å². The Morgan fingerprint density at radius 2 is 2.21 bits per heavy atom. The molecule has 19 heavy (non-hydrogen) atoms. The molecule has 0 bridgehead atoms. The molecular formula is C11H20N4O2S2. The Morgan fingerprint density at radius 1 is 1.53 bits per heavy atom. The Labute approximate surface area is 118 Å². The molecule has 0 aliphatic carbocycles. The van der Waals surface area contributed by atoms with E-state index >= 15 is 0 Å². The first-order chi connectivity index (χ1) is 9.04. The molecule has 1 aromatic rings. The lowest BCUT2D eigenvalue weighted by Crippen LogP contribution is -2.46. The van der Waals surface area contributed by atoms with Crippen molar-refractivity contribution in [2.75, 3.05) is 26.7 Å². The molecule has 1 aliphatic rings. The molecule has 0 atom stereocenters. The molecule has 0 spiro atoms. The zero-order chi connectivity index (χ0) is 13.9. The first-order valence-corrected chi connectivity index (χ1v) is 8.66. The van der Waals surface area contributed by atoms with E-state index in [-0.39, 0.29) is 0 Å². The smallest absolute Gasteiger partial charge is 0.282 e. The molecule has 1 aromatic heterocycles. The topological polar surface area (TPSA) is 79.5 Å². The van der Waals surface area contributed by atoms with E-state index < -0.39 is 10.2 Å². The van der Waals surface area contributed by atoms with Crippen LogP contribution in [0.3, 0.4) is 0 Å². The van der Waals surface area contributed by atoms with Crippen LogP contribution in [0.25, 0.3) is 0 Å². The maximum Gasteiger partial charge on any atom is 0.282 e. The summed E-state index contributed by atoms with van der Waals surface area (Å²) in [6.45, 7) is 2.09. The number of aromatic nitrogens is 1. The summed E-state index contributed by atoms with van der Waals surface area (Å²) in [4.78, 5) is 4.12. The van der Waals surface area contributed by atoms with Crippen LogP contribution in [0.15, 0.2) is 10.9 Å². The van der Waals surface area contributed by atoms with Crippen molar-refractivity contribution in [2.45, 2.75) is 19.4 Å². The number of rotatable bonds is 5. The second-order valence-electron chi connectivity index (χ2n) is 4.82. The van der Waals surface area contributed by atoms with Crippen molar-refractivity contribution in [3.8, 4) is 0 Å². The number of nitrogens with two attached hydrogens (primary N) is 1. The van der Waals surface area contributed by atoms with Gasteiger partial charge in [-0.3, -0.25) is 0 Å². The third-order valence-corrected chi connectivity index (χ3v) is 6.06. The van der Waals surface area contributed by atoms with Crippen LogP contribution in [0, 0.1) is 5.92 Å². The van der Waals surface area contributed by atoms with E-state index in [4.69, 9.17) is 5.73 Å². The standard InChI is InChI=1S/C11H20N4O2S2/c1-14(7-11-8-18-9-13-11)19(16,17)15-4-2-10(6-12)3-5-15/h8-10H,2-7,12H2,1H3. The highest BCUT2D eigenvalue weighted by atomic mass is 32.2. The maximum atomic E-state index is 12.4. The molecule has 2 N–H and O–H groups in total. The first kappa shape index (κ1) is 14.9. The molecule has 8 heteroatoms. The molecule has 108 valence electrons. The van der Waals surface area contributed by atoms with Crippen molar-refractivity contribution >= 4 is 21.5 Å². The van der Waals surface area contributed by atoms with E-state index in [0.29, 0.717) is 32.1 Å². The summed E-state index contributed by atoms with van der Waals surface area (Å²) in [5.41, 5.74) is 8.12. The number of nitrogens with zero attached hydrogens (tertiary/aromatic N) is 3. The highest BCUT2D eigenvalue weighted by molar-refractivity contribution is 7.86. The minimum absolute atomic E-state index is 0.322. The van der Waals surface area contributed by atoms with Gasteiger partial charge in [-0.05, 0) is 25.3 Å². The lowest BCUT2D eigenvalue weighted by molar-refractivity contribution is 0.261. The van der Waals surface area contributed by atoms with Crippen LogP contribution in [0.1, 0.15) is 18.5 Å². The molecule has 0 aromatic carbocycles. The first-order valence-electron chi connectivity index (χ1n) is 6.32. The van der Waals surface area contributed by atoms with Crippen molar-refractivity contribution < 1.29 is 8.42 Å². The fourth-order valence-corrected chi connectivity index (χ4v) is 4.11. The van der Waals surface area contributed by atoms with E-state index in [0.717, 1.165) is 18.5 Å². The monoisotopic (exact) mass is 304 g/mol. The average molecular weight is 304 g/mol. The molecular weight excluding hydrogens is 284 g/mol. The minimum atomic E-state index is -3.38. The summed E-state index contributed by atoms with van der Waals surface area (Å²) >= 11 is 1.47. The summed E-state index contributed by atoms with van der Waals surface area (Å²) in [7, 11) is -1.78. The number of hydrogen-bond donors (Lipinski definition) is 1. The summed E-state index contributed by atoms with van der Waals surface area (Å²) in [5, 5.41) is 1.87. The molecule has 2 heterocycles. The zero-order valence-electron chi connectivity index (χ0n) is 11.0. The molecule has 0 amide bonds. The summed E-state index contributed by atoms with van der Waals surface area (Å²) in [5.74, 6) is 0.454. The van der Waals surface area contributed by atoms with Crippen LogP contribution >= 0.6 is 11.3 Å². The minimum Gasteiger partial charge on any atom is -0.330 e. The van der Waals surface area contributed by atoms with Gasteiger partial charge in [0.1, 0.15) is 0 Å². The second-order valence-corrected chi connectivity index (χ2v) is 7.58. The van der Waals surface area contributed by atoms with Gasteiger partial charge in [0.05, 0.1) is 17.7 Å². The molecule has 0 saturated carbocycles. The Bertz CT molecular complexity index is 481. The van der Waals surface area contributed by atoms with Gasteiger partial charge >= 0.3 is 0 Å². The summed E-state index contributed by atoms with van der Waals surface area (Å²) in [6.07, 6.45) is 1.69. The van der Waals surface area contributed by atoms with Crippen LogP contribution in [0.5, 0.6) is 0 Å². The van der Waals surface area contributed by atoms with E-state index in [1.807, 2.05) is 5.38 Å². The fraction of sp³-hybridized carbons (Fsp3) is 0.727.